The number of furan rings is 1. The molecule has 0 saturated heterocycles. The van der Waals surface area contributed by atoms with E-state index in [1.165, 1.54) is 17.3 Å². The van der Waals surface area contributed by atoms with Crippen LogP contribution in [-0.2, 0) is 4.79 Å². The molecule has 3 N–H and O–H groups in total. The Morgan fingerprint density at radius 2 is 1.97 bits per heavy atom. The van der Waals surface area contributed by atoms with E-state index in [9.17, 15) is 14.9 Å². The molecule has 7 nitrogen and oxygen atoms in total. The van der Waals surface area contributed by atoms with Gasteiger partial charge in [0.2, 0.25) is 0 Å². The largest absolute Gasteiger partial charge is 0.459 e. The number of allylic oxidation sites excluding steroid dienone is 3. The normalized spacial score (nSPS) is 20.6. The van der Waals surface area contributed by atoms with Crippen LogP contribution in [0.4, 0.5) is 0 Å². The third kappa shape index (κ3) is 3.26. The lowest BCUT2D eigenvalue weighted by molar-refractivity contribution is -0.118. The molecule has 1 aromatic heterocycles. The first kappa shape index (κ1) is 19.5. The van der Waals surface area contributed by atoms with Gasteiger partial charge in [-0.05, 0) is 29.5 Å². The van der Waals surface area contributed by atoms with E-state index < -0.39 is 11.8 Å². The molecular weight excluding hydrogens is 380 g/mol. The Bertz CT molecular complexity index is 1110. The summed E-state index contributed by atoms with van der Waals surface area (Å²) in [5.41, 5.74) is 11.0. The third-order valence-corrected chi connectivity index (χ3v) is 5.47. The van der Waals surface area contributed by atoms with Crippen LogP contribution in [0.2, 0.25) is 0 Å². The number of rotatable bonds is 3. The number of carbonyl (C=O) groups excluding carboxylic acids is 2. The molecule has 2 heterocycles. The van der Waals surface area contributed by atoms with Crippen LogP contribution < -0.4 is 11.2 Å². The first-order chi connectivity index (χ1) is 14.3. The Kier molecular flexibility index (Phi) is 4.70. The number of amides is 1. The zero-order valence-electron chi connectivity index (χ0n) is 16.8. The molecule has 0 spiro atoms. The van der Waals surface area contributed by atoms with Crippen molar-refractivity contribution >= 4 is 11.7 Å². The molecule has 1 unspecified atom stereocenters. The van der Waals surface area contributed by atoms with Crippen molar-refractivity contribution < 1.29 is 14.0 Å². The molecule has 0 fully saturated rings. The molecule has 1 aliphatic carbocycles. The Morgan fingerprint density at radius 1 is 1.23 bits per heavy atom. The van der Waals surface area contributed by atoms with Crippen LogP contribution in [0.5, 0.6) is 0 Å². The van der Waals surface area contributed by atoms with E-state index in [1.54, 1.807) is 6.07 Å². The van der Waals surface area contributed by atoms with Crippen molar-refractivity contribution in [1.29, 1.82) is 5.26 Å². The molecule has 0 saturated carbocycles. The van der Waals surface area contributed by atoms with Gasteiger partial charge in [-0.25, -0.2) is 5.01 Å². The minimum Gasteiger partial charge on any atom is -0.459 e. The summed E-state index contributed by atoms with van der Waals surface area (Å²) in [4.78, 5) is 25.9. The summed E-state index contributed by atoms with van der Waals surface area (Å²) in [6.07, 6.45) is 2.28. The van der Waals surface area contributed by atoms with Crippen LogP contribution >= 0.6 is 0 Å². The summed E-state index contributed by atoms with van der Waals surface area (Å²) in [5, 5.41) is 11.3. The van der Waals surface area contributed by atoms with Gasteiger partial charge in [0.1, 0.15) is 5.82 Å². The fraction of sp³-hybridized carbons (Fsp3) is 0.261. The van der Waals surface area contributed by atoms with E-state index in [-0.39, 0.29) is 28.4 Å². The van der Waals surface area contributed by atoms with Gasteiger partial charge in [-0.3, -0.25) is 15.0 Å². The maximum absolute atomic E-state index is 13.3. The SMILES string of the molecule is CC1(C)CC(=O)C2=C(C1)N(NC(=O)c1ccco1)C(N)=C(C#N)C2c1ccccc1. The Labute approximate surface area is 174 Å². The predicted octanol–water partition coefficient (Wildman–Crippen LogP) is 3.36. The fourth-order valence-electron chi connectivity index (χ4n) is 4.18. The molecule has 30 heavy (non-hydrogen) atoms. The number of carbonyl (C=O) groups is 2. The highest BCUT2D eigenvalue weighted by Gasteiger charge is 2.44. The summed E-state index contributed by atoms with van der Waals surface area (Å²) in [7, 11) is 0. The van der Waals surface area contributed by atoms with Gasteiger partial charge in [-0.2, -0.15) is 5.26 Å². The topological polar surface area (TPSA) is 112 Å². The van der Waals surface area contributed by atoms with Crippen LogP contribution in [0, 0.1) is 16.7 Å². The van der Waals surface area contributed by atoms with Crippen molar-refractivity contribution in [3.63, 3.8) is 0 Å². The van der Waals surface area contributed by atoms with Gasteiger partial charge in [-0.1, -0.05) is 44.2 Å². The molecule has 0 bridgehead atoms. The minimum absolute atomic E-state index is 0.0485. The van der Waals surface area contributed by atoms with E-state index in [1.807, 2.05) is 44.2 Å². The maximum atomic E-state index is 13.3. The minimum atomic E-state index is -0.563. The monoisotopic (exact) mass is 402 g/mol. The Balaban J connectivity index is 1.87. The number of ketones is 1. The first-order valence-electron chi connectivity index (χ1n) is 9.68. The number of nitrogens with one attached hydrogen (secondary N) is 1. The second-order valence-electron chi connectivity index (χ2n) is 8.31. The highest BCUT2D eigenvalue weighted by molar-refractivity contribution is 6.00. The van der Waals surface area contributed by atoms with Crippen LogP contribution in [0.1, 0.15) is 48.7 Å². The van der Waals surface area contributed by atoms with Gasteiger partial charge in [0.15, 0.2) is 11.5 Å². The first-order valence-corrected chi connectivity index (χ1v) is 9.68. The number of nitrogens with two attached hydrogens (primary N) is 1. The van der Waals surface area contributed by atoms with Gasteiger partial charge in [0, 0.05) is 12.0 Å². The van der Waals surface area contributed by atoms with Crippen molar-refractivity contribution in [2.45, 2.75) is 32.6 Å². The Hall–Kier alpha value is -3.79. The zero-order chi connectivity index (χ0) is 21.5. The molecule has 2 aromatic rings. The quantitative estimate of drug-likeness (QED) is 0.814. The fourth-order valence-corrected chi connectivity index (χ4v) is 4.18. The van der Waals surface area contributed by atoms with Crippen molar-refractivity contribution in [1.82, 2.24) is 10.4 Å². The zero-order valence-corrected chi connectivity index (χ0v) is 16.8. The van der Waals surface area contributed by atoms with Crippen molar-refractivity contribution in [2.75, 3.05) is 0 Å². The summed E-state index contributed by atoms with van der Waals surface area (Å²) in [5.74, 6) is -0.911. The lowest BCUT2D eigenvalue weighted by Gasteiger charge is -2.43. The molecule has 4 rings (SSSR count). The van der Waals surface area contributed by atoms with E-state index in [0.29, 0.717) is 24.1 Å². The number of nitrogens with zero attached hydrogens (tertiary/aromatic N) is 2. The smallest absolute Gasteiger partial charge is 0.305 e. The lowest BCUT2D eigenvalue weighted by atomic mass is 9.69. The molecule has 0 radical (unpaired) electrons. The molecule has 1 atom stereocenters. The van der Waals surface area contributed by atoms with E-state index in [4.69, 9.17) is 10.2 Å². The van der Waals surface area contributed by atoms with E-state index in [0.717, 1.165) is 5.56 Å². The van der Waals surface area contributed by atoms with E-state index in [2.05, 4.69) is 11.5 Å². The van der Waals surface area contributed by atoms with Crippen LogP contribution in [-0.4, -0.2) is 16.7 Å². The van der Waals surface area contributed by atoms with Crippen LogP contribution in [0.3, 0.4) is 0 Å². The summed E-state index contributed by atoms with van der Waals surface area (Å²) < 4.78 is 5.17. The molecule has 152 valence electrons. The average Bonchev–Trinajstić information content (AvgIpc) is 3.24. The molecule has 1 aliphatic heterocycles. The maximum Gasteiger partial charge on any atom is 0.305 e. The van der Waals surface area contributed by atoms with Crippen molar-refractivity contribution in [2.24, 2.45) is 11.1 Å². The third-order valence-electron chi connectivity index (χ3n) is 5.47. The Morgan fingerprint density at radius 3 is 2.60 bits per heavy atom. The van der Waals surface area contributed by atoms with Gasteiger partial charge >= 0.3 is 5.91 Å². The molecule has 1 amide bonds. The van der Waals surface area contributed by atoms with Crippen molar-refractivity contribution in [3.8, 4) is 6.07 Å². The summed E-state index contributed by atoms with van der Waals surface area (Å²) in [6, 6.07) is 14.7. The predicted molar refractivity (Wildman–Crippen MR) is 109 cm³/mol. The molecular formula is C23H22N4O3. The van der Waals surface area contributed by atoms with Crippen LogP contribution in [0.25, 0.3) is 0 Å². The summed E-state index contributed by atoms with van der Waals surface area (Å²) >= 11 is 0. The second kappa shape index (κ2) is 7.23. The second-order valence-corrected chi connectivity index (χ2v) is 8.31. The average molecular weight is 402 g/mol. The van der Waals surface area contributed by atoms with E-state index >= 15 is 0 Å². The van der Waals surface area contributed by atoms with Gasteiger partial charge in [-0.15, -0.1) is 0 Å². The highest BCUT2D eigenvalue weighted by atomic mass is 16.3. The highest BCUT2D eigenvalue weighted by Crippen LogP contribution is 2.48. The number of hydrogen-bond acceptors (Lipinski definition) is 6. The van der Waals surface area contributed by atoms with Crippen LogP contribution in [0.15, 0.2) is 75.8 Å². The number of benzene rings is 1. The van der Waals surface area contributed by atoms with Crippen molar-refractivity contribution in [3.05, 3.63) is 82.7 Å². The number of hydrogen-bond donors (Lipinski definition) is 2. The number of hydrazine groups is 1. The number of Topliss-reactive ketones (excluding diaryl/α,β-unsaturated/α-hetero) is 1. The lowest BCUT2D eigenvalue weighted by Crippen LogP contribution is -2.49. The van der Waals surface area contributed by atoms with Gasteiger partial charge < -0.3 is 10.2 Å². The van der Waals surface area contributed by atoms with Gasteiger partial charge in [0.05, 0.1) is 29.5 Å². The molecule has 1 aromatic carbocycles. The standard InChI is InChI=1S/C23H22N4O3/c1-23(2)11-16-20(17(28)12-23)19(14-7-4-3-5-8-14)15(13-24)21(25)27(16)26-22(29)18-9-6-10-30-18/h3-10,19H,11-12,25H2,1-2H3,(H,26,29). The molecule has 2 aliphatic rings. The van der Waals surface area contributed by atoms with Gasteiger partial charge in [0.25, 0.3) is 0 Å². The number of nitriles is 1. The summed E-state index contributed by atoms with van der Waals surface area (Å²) in [6.45, 7) is 4.00. The molecule has 7 heteroatoms.